The SMILES string of the molecule is COc1cc(C2(O)CC2)cc([N+](=O)[O-])c1O. The Morgan fingerprint density at radius 1 is 1.50 bits per heavy atom. The van der Waals surface area contributed by atoms with Gasteiger partial charge in [0, 0.05) is 6.07 Å². The Kier molecular flexibility index (Phi) is 2.23. The highest BCUT2D eigenvalue weighted by Crippen LogP contribution is 2.49. The molecule has 1 aliphatic rings. The van der Waals surface area contributed by atoms with E-state index in [-0.39, 0.29) is 5.75 Å². The topological polar surface area (TPSA) is 92.8 Å². The lowest BCUT2D eigenvalue weighted by molar-refractivity contribution is -0.386. The van der Waals surface area contributed by atoms with Crippen molar-refractivity contribution in [1.29, 1.82) is 0 Å². The van der Waals surface area contributed by atoms with Gasteiger partial charge in [-0.05, 0) is 24.5 Å². The number of benzene rings is 1. The number of aliphatic hydroxyl groups is 1. The summed E-state index contributed by atoms with van der Waals surface area (Å²) in [5.74, 6) is -0.509. The molecule has 0 saturated heterocycles. The van der Waals surface area contributed by atoms with Gasteiger partial charge < -0.3 is 14.9 Å². The van der Waals surface area contributed by atoms with E-state index >= 15 is 0 Å². The fraction of sp³-hybridized carbons (Fsp3) is 0.400. The first-order valence-corrected chi connectivity index (χ1v) is 4.76. The molecule has 1 saturated carbocycles. The highest BCUT2D eigenvalue weighted by molar-refractivity contribution is 5.58. The van der Waals surface area contributed by atoms with Crippen LogP contribution in [0.15, 0.2) is 12.1 Å². The number of phenols is 1. The van der Waals surface area contributed by atoms with Gasteiger partial charge in [-0.15, -0.1) is 0 Å². The molecule has 2 rings (SSSR count). The third-order valence-corrected chi connectivity index (χ3v) is 2.73. The summed E-state index contributed by atoms with van der Waals surface area (Å²) >= 11 is 0. The van der Waals surface area contributed by atoms with Crippen molar-refractivity contribution in [3.05, 3.63) is 27.8 Å². The van der Waals surface area contributed by atoms with Crippen molar-refractivity contribution in [1.82, 2.24) is 0 Å². The molecule has 0 heterocycles. The molecule has 0 bridgehead atoms. The lowest BCUT2D eigenvalue weighted by Gasteiger charge is -2.11. The lowest BCUT2D eigenvalue weighted by atomic mass is 10.1. The van der Waals surface area contributed by atoms with Crippen LogP contribution in [0, 0.1) is 10.1 Å². The van der Waals surface area contributed by atoms with Crippen LogP contribution in [-0.2, 0) is 5.60 Å². The van der Waals surface area contributed by atoms with Gasteiger partial charge in [0.05, 0.1) is 17.6 Å². The quantitative estimate of drug-likeness (QED) is 0.597. The molecule has 0 aromatic heterocycles. The zero-order valence-corrected chi connectivity index (χ0v) is 8.64. The normalized spacial score (nSPS) is 16.9. The molecule has 16 heavy (non-hydrogen) atoms. The Balaban J connectivity index is 2.57. The largest absolute Gasteiger partial charge is 0.500 e. The first-order valence-electron chi connectivity index (χ1n) is 4.76. The van der Waals surface area contributed by atoms with Crippen LogP contribution >= 0.6 is 0 Å². The minimum absolute atomic E-state index is 0.00419. The molecule has 1 fully saturated rings. The van der Waals surface area contributed by atoms with E-state index in [4.69, 9.17) is 4.74 Å². The number of hydrogen-bond donors (Lipinski definition) is 2. The van der Waals surface area contributed by atoms with Crippen molar-refractivity contribution in [3.63, 3.8) is 0 Å². The molecule has 0 aliphatic heterocycles. The summed E-state index contributed by atoms with van der Waals surface area (Å²) in [5.41, 5.74) is -1.03. The van der Waals surface area contributed by atoms with Crippen LogP contribution in [0.2, 0.25) is 0 Å². The first-order chi connectivity index (χ1) is 7.48. The van der Waals surface area contributed by atoms with Crippen LogP contribution < -0.4 is 4.74 Å². The number of aromatic hydroxyl groups is 1. The Hall–Kier alpha value is -1.82. The molecular weight excluding hydrogens is 214 g/mol. The number of methoxy groups -OCH3 is 1. The zero-order chi connectivity index (χ0) is 11.9. The molecule has 86 valence electrons. The minimum atomic E-state index is -0.994. The smallest absolute Gasteiger partial charge is 0.315 e. The van der Waals surface area contributed by atoms with E-state index in [9.17, 15) is 20.3 Å². The fourth-order valence-electron chi connectivity index (χ4n) is 1.56. The molecular formula is C10H11NO5. The van der Waals surface area contributed by atoms with E-state index in [1.807, 2.05) is 0 Å². The van der Waals surface area contributed by atoms with E-state index in [0.29, 0.717) is 18.4 Å². The molecule has 1 aliphatic carbocycles. The van der Waals surface area contributed by atoms with Crippen molar-refractivity contribution in [2.75, 3.05) is 7.11 Å². The summed E-state index contributed by atoms with van der Waals surface area (Å²) in [7, 11) is 1.31. The van der Waals surface area contributed by atoms with Gasteiger partial charge in [-0.2, -0.15) is 0 Å². The maximum Gasteiger partial charge on any atom is 0.315 e. The molecule has 6 nitrogen and oxygen atoms in total. The third kappa shape index (κ3) is 1.57. The Morgan fingerprint density at radius 3 is 2.56 bits per heavy atom. The predicted molar refractivity (Wildman–Crippen MR) is 54.4 cm³/mol. The van der Waals surface area contributed by atoms with Gasteiger partial charge >= 0.3 is 5.69 Å². The van der Waals surface area contributed by atoms with Crippen LogP contribution in [0.5, 0.6) is 11.5 Å². The number of nitro groups is 1. The van der Waals surface area contributed by atoms with Crippen molar-refractivity contribution < 1.29 is 19.9 Å². The predicted octanol–water partition coefficient (Wildman–Crippen LogP) is 1.29. The summed E-state index contributed by atoms with van der Waals surface area (Å²) in [4.78, 5) is 10.00. The second-order valence-electron chi connectivity index (χ2n) is 3.83. The standard InChI is InChI=1S/C10H11NO5/c1-16-8-5-6(10(13)2-3-10)4-7(9(8)12)11(14)15/h4-5,12-13H,2-3H2,1H3. The summed E-state index contributed by atoms with van der Waals surface area (Å²) in [6, 6.07) is 2.61. The summed E-state index contributed by atoms with van der Waals surface area (Å²) in [6.07, 6.45) is 1.14. The van der Waals surface area contributed by atoms with Crippen LogP contribution in [0.4, 0.5) is 5.69 Å². The van der Waals surface area contributed by atoms with Gasteiger partial charge in [0.25, 0.3) is 0 Å². The molecule has 0 radical (unpaired) electrons. The highest BCUT2D eigenvalue weighted by Gasteiger charge is 2.43. The van der Waals surface area contributed by atoms with Gasteiger partial charge in [0.15, 0.2) is 5.75 Å². The average Bonchev–Trinajstić information content (AvgIpc) is 2.97. The van der Waals surface area contributed by atoms with Crippen molar-refractivity contribution >= 4 is 5.69 Å². The Morgan fingerprint density at radius 2 is 2.12 bits per heavy atom. The highest BCUT2D eigenvalue weighted by atomic mass is 16.6. The second kappa shape index (κ2) is 3.34. The van der Waals surface area contributed by atoms with Gasteiger partial charge in [0.1, 0.15) is 0 Å². The number of nitrogens with zero attached hydrogens (tertiary/aromatic N) is 1. The van der Waals surface area contributed by atoms with Gasteiger partial charge in [0.2, 0.25) is 5.75 Å². The second-order valence-corrected chi connectivity index (χ2v) is 3.83. The molecule has 0 spiro atoms. The maximum absolute atomic E-state index is 10.7. The first kappa shape index (κ1) is 10.7. The van der Waals surface area contributed by atoms with E-state index < -0.39 is 22.0 Å². The fourth-order valence-corrected chi connectivity index (χ4v) is 1.56. The van der Waals surface area contributed by atoms with Crippen molar-refractivity contribution in [3.8, 4) is 11.5 Å². The van der Waals surface area contributed by atoms with E-state index in [1.54, 1.807) is 0 Å². The number of ether oxygens (including phenoxy) is 1. The summed E-state index contributed by atoms with van der Waals surface area (Å²) in [5, 5.41) is 30.1. The molecule has 0 unspecified atom stereocenters. The zero-order valence-electron chi connectivity index (χ0n) is 8.64. The molecule has 2 N–H and O–H groups in total. The third-order valence-electron chi connectivity index (χ3n) is 2.73. The van der Waals surface area contributed by atoms with Crippen LogP contribution in [-0.4, -0.2) is 22.2 Å². The van der Waals surface area contributed by atoms with Gasteiger partial charge in [-0.1, -0.05) is 0 Å². The molecule has 0 atom stereocenters. The van der Waals surface area contributed by atoms with Gasteiger partial charge in [-0.25, -0.2) is 0 Å². The Labute approximate surface area is 91.2 Å². The van der Waals surface area contributed by atoms with Crippen molar-refractivity contribution in [2.45, 2.75) is 18.4 Å². The maximum atomic E-state index is 10.7. The lowest BCUT2D eigenvalue weighted by Crippen LogP contribution is -2.05. The Bertz CT molecular complexity index is 453. The van der Waals surface area contributed by atoms with Crippen LogP contribution in [0.25, 0.3) is 0 Å². The molecule has 1 aromatic rings. The minimum Gasteiger partial charge on any atom is -0.500 e. The average molecular weight is 225 g/mol. The number of hydrogen-bond acceptors (Lipinski definition) is 5. The monoisotopic (exact) mass is 225 g/mol. The van der Waals surface area contributed by atoms with E-state index in [1.165, 1.54) is 19.2 Å². The van der Waals surface area contributed by atoms with Gasteiger partial charge in [-0.3, -0.25) is 10.1 Å². The molecule has 6 heteroatoms. The molecule has 0 amide bonds. The number of phenolic OH excluding ortho intramolecular Hbond substituents is 1. The summed E-state index contributed by atoms with van der Waals surface area (Å²) in [6.45, 7) is 0. The van der Waals surface area contributed by atoms with Crippen LogP contribution in [0.1, 0.15) is 18.4 Å². The van der Waals surface area contributed by atoms with Crippen molar-refractivity contribution in [2.24, 2.45) is 0 Å². The van der Waals surface area contributed by atoms with E-state index in [2.05, 4.69) is 0 Å². The van der Waals surface area contributed by atoms with Crippen LogP contribution in [0.3, 0.4) is 0 Å². The number of nitro benzene ring substituents is 1. The number of rotatable bonds is 3. The summed E-state index contributed by atoms with van der Waals surface area (Å²) < 4.78 is 4.83. The molecule has 1 aromatic carbocycles. The van der Waals surface area contributed by atoms with E-state index in [0.717, 1.165) is 0 Å².